The van der Waals surface area contributed by atoms with Crippen LogP contribution in [0.3, 0.4) is 0 Å². The van der Waals surface area contributed by atoms with Crippen LogP contribution in [-0.4, -0.2) is 35.9 Å². The maximum Gasteiger partial charge on any atom is 0.573 e. The molecule has 0 atom stereocenters. The lowest BCUT2D eigenvalue weighted by atomic mass is 10.3. The average Bonchev–Trinajstić information content (AvgIpc) is 2.47. The van der Waals surface area contributed by atoms with Crippen LogP contribution >= 0.6 is 0 Å². The molecule has 0 saturated heterocycles. The third-order valence-corrected chi connectivity index (χ3v) is 4.08. The highest BCUT2D eigenvalue weighted by Crippen LogP contribution is 2.33. The van der Waals surface area contributed by atoms with Crippen LogP contribution in [0.15, 0.2) is 41.6 Å². The zero-order valence-corrected chi connectivity index (χ0v) is 12.8. The zero-order valence-electron chi connectivity index (χ0n) is 12.0. The van der Waals surface area contributed by atoms with Crippen molar-refractivity contribution in [1.82, 2.24) is 4.98 Å². The van der Waals surface area contributed by atoms with E-state index in [2.05, 4.69) is 9.72 Å². The molecule has 0 aliphatic rings. The summed E-state index contributed by atoms with van der Waals surface area (Å²) >= 11 is 0. The molecule has 0 spiro atoms. The number of aromatic nitrogens is 1. The normalized spacial score (nSPS) is 11.8. The number of carboxylic acids is 1. The Bertz CT molecular complexity index is 914. The number of anilines is 1. The molecule has 0 unspecified atom stereocenters. The van der Waals surface area contributed by atoms with Gasteiger partial charge in [-0.05, 0) is 18.2 Å². The first-order valence-electron chi connectivity index (χ1n) is 6.28. The Morgan fingerprint density at radius 3 is 2.48 bits per heavy atom. The maximum absolute atomic E-state index is 12.4. The van der Waals surface area contributed by atoms with Crippen LogP contribution in [-0.2, 0) is 10.0 Å². The molecular weight excluding hydrogens is 369 g/mol. The number of hydrogen-bond acceptors (Lipinski definition) is 6. The predicted octanol–water partition coefficient (Wildman–Crippen LogP) is 2.18. The SMILES string of the molecule is O=C(O)c1cncc(NS(=O)(=O)c2cc(O)ccc2OC(F)(F)F)c1. The first-order chi connectivity index (χ1) is 11.5. The highest BCUT2D eigenvalue weighted by Gasteiger charge is 2.34. The van der Waals surface area contributed by atoms with Gasteiger partial charge in [-0.25, -0.2) is 13.2 Å². The number of ether oxygens (including phenoxy) is 1. The molecule has 2 aromatic rings. The molecule has 134 valence electrons. The summed E-state index contributed by atoms with van der Waals surface area (Å²) in [5.41, 5.74) is -0.649. The summed E-state index contributed by atoms with van der Waals surface area (Å²) in [6.07, 6.45) is -3.25. The van der Waals surface area contributed by atoms with Gasteiger partial charge in [0.05, 0.1) is 17.4 Å². The lowest BCUT2D eigenvalue weighted by Crippen LogP contribution is -2.21. The molecule has 2 rings (SSSR count). The second-order valence-corrected chi connectivity index (χ2v) is 6.20. The quantitative estimate of drug-likeness (QED) is 0.728. The first kappa shape index (κ1) is 18.3. The molecule has 0 aliphatic heterocycles. The van der Waals surface area contributed by atoms with Gasteiger partial charge in [-0.3, -0.25) is 9.71 Å². The molecule has 0 bridgehead atoms. The maximum atomic E-state index is 12.4. The molecule has 0 radical (unpaired) electrons. The van der Waals surface area contributed by atoms with Crippen LogP contribution in [0.2, 0.25) is 0 Å². The number of pyridine rings is 1. The summed E-state index contributed by atoms with van der Waals surface area (Å²) in [5.74, 6) is -3.07. The van der Waals surface area contributed by atoms with Crippen LogP contribution in [0.1, 0.15) is 10.4 Å². The van der Waals surface area contributed by atoms with E-state index in [1.165, 1.54) is 0 Å². The van der Waals surface area contributed by atoms with Crippen molar-refractivity contribution in [2.45, 2.75) is 11.3 Å². The highest BCUT2D eigenvalue weighted by atomic mass is 32.2. The predicted molar refractivity (Wildman–Crippen MR) is 76.8 cm³/mol. The number of rotatable bonds is 5. The molecule has 0 saturated carbocycles. The van der Waals surface area contributed by atoms with Crippen molar-refractivity contribution in [3.63, 3.8) is 0 Å². The van der Waals surface area contributed by atoms with Gasteiger partial charge in [-0.1, -0.05) is 0 Å². The number of alkyl halides is 3. The van der Waals surface area contributed by atoms with Gasteiger partial charge < -0.3 is 14.9 Å². The number of carbonyl (C=O) groups is 1. The minimum absolute atomic E-state index is 0.304. The van der Waals surface area contributed by atoms with E-state index in [4.69, 9.17) is 5.11 Å². The van der Waals surface area contributed by atoms with Crippen LogP contribution in [0.4, 0.5) is 18.9 Å². The van der Waals surface area contributed by atoms with E-state index in [-0.39, 0.29) is 11.3 Å². The molecule has 1 heterocycles. The highest BCUT2D eigenvalue weighted by molar-refractivity contribution is 7.92. The Labute approximate surface area is 138 Å². The second-order valence-electron chi connectivity index (χ2n) is 4.55. The number of carboxylic acid groups (broad SMARTS) is 1. The van der Waals surface area contributed by atoms with Gasteiger partial charge >= 0.3 is 12.3 Å². The number of nitrogens with zero attached hydrogens (tertiary/aromatic N) is 1. The number of sulfonamides is 1. The lowest BCUT2D eigenvalue weighted by Gasteiger charge is -2.15. The van der Waals surface area contributed by atoms with Crippen LogP contribution < -0.4 is 9.46 Å². The van der Waals surface area contributed by atoms with E-state index in [0.29, 0.717) is 12.1 Å². The number of halogens is 3. The number of hydrogen-bond donors (Lipinski definition) is 3. The van der Waals surface area contributed by atoms with Crippen molar-refractivity contribution >= 4 is 21.7 Å². The summed E-state index contributed by atoms with van der Waals surface area (Å²) in [4.78, 5) is 13.4. The van der Waals surface area contributed by atoms with Gasteiger partial charge in [0, 0.05) is 12.3 Å². The van der Waals surface area contributed by atoms with Crippen molar-refractivity contribution < 1.29 is 41.3 Å². The van der Waals surface area contributed by atoms with E-state index in [9.17, 15) is 31.5 Å². The summed E-state index contributed by atoms with van der Waals surface area (Å²) in [5, 5.41) is 18.2. The topological polar surface area (TPSA) is 126 Å². The Kier molecular flexibility index (Phi) is 4.74. The standard InChI is InChI=1S/C13H9F3N2O6S/c14-13(15,16)24-10-2-1-9(19)4-11(10)25(22,23)18-8-3-7(12(20)21)5-17-6-8/h1-6,18-19H,(H,20,21). The molecule has 0 fully saturated rings. The molecule has 12 heteroatoms. The smallest absolute Gasteiger partial charge is 0.508 e. The van der Waals surface area contributed by atoms with Crippen molar-refractivity contribution in [2.24, 2.45) is 0 Å². The van der Waals surface area contributed by atoms with E-state index in [1.54, 1.807) is 0 Å². The van der Waals surface area contributed by atoms with Gasteiger partial charge in [-0.2, -0.15) is 0 Å². The van der Waals surface area contributed by atoms with E-state index in [1.807, 2.05) is 4.72 Å². The van der Waals surface area contributed by atoms with Gasteiger partial charge in [0.15, 0.2) is 0 Å². The van der Waals surface area contributed by atoms with E-state index in [0.717, 1.165) is 24.5 Å². The van der Waals surface area contributed by atoms with Gasteiger partial charge in [-0.15, -0.1) is 13.2 Å². The van der Waals surface area contributed by atoms with Crippen LogP contribution in [0.5, 0.6) is 11.5 Å². The summed E-state index contributed by atoms with van der Waals surface area (Å²) in [6, 6.07) is 2.91. The fourth-order valence-electron chi connectivity index (χ4n) is 1.74. The molecular formula is C13H9F3N2O6S. The first-order valence-corrected chi connectivity index (χ1v) is 7.76. The number of phenols is 1. The lowest BCUT2D eigenvalue weighted by molar-refractivity contribution is -0.275. The van der Waals surface area contributed by atoms with Crippen LogP contribution in [0.25, 0.3) is 0 Å². The summed E-state index contributed by atoms with van der Waals surface area (Å²) in [6.45, 7) is 0. The summed E-state index contributed by atoms with van der Waals surface area (Å²) in [7, 11) is -4.65. The van der Waals surface area contributed by atoms with Gasteiger partial charge in [0.2, 0.25) is 0 Å². The third kappa shape index (κ3) is 4.73. The molecule has 1 aromatic carbocycles. The average molecular weight is 378 g/mol. The van der Waals surface area contributed by atoms with Crippen molar-refractivity contribution in [1.29, 1.82) is 0 Å². The second kappa shape index (κ2) is 6.47. The van der Waals surface area contributed by atoms with E-state index >= 15 is 0 Å². The van der Waals surface area contributed by atoms with Crippen molar-refractivity contribution in [3.05, 3.63) is 42.2 Å². The number of aromatic hydroxyl groups is 1. The minimum atomic E-state index is -5.16. The Balaban J connectivity index is 2.44. The molecule has 8 nitrogen and oxygen atoms in total. The largest absolute Gasteiger partial charge is 0.573 e. The van der Waals surface area contributed by atoms with Crippen molar-refractivity contribution in [2.75, 3.05) is 4.72 Å². The third-order valence-electron chi connectivity index (χ3n) is 2.68. The Morgan fingerprint density at radius 1 is 1.20 bits per heavy atom. The fourth-order valence-corrected chi connectivity index (χ4v) is 2.92. The Morgan fingerprint density at radius 2 is 1.88 bits per heavy atom. The van der Waals surface area contributed by atoms with Gasteiger partial charge in [0.1, 0.15) is 16.4 Å². The monoisotopic (exact) mass is 378 g/mol. The number of phenolic OH excluding ortho intramolecular Hbond substituents is 1. The summed E-state index contributed by atoms with van der Waals surface area (Å²) < 4.78 is 67.3. The van der Waals surface area contributed by atoms with Crippen LogP contribution in [0, 0.1) is 0 Å². The fraction of sp³-hybridized carbons (Fsp3) is 0.0769. The molecule has 3 N–H and O–H groups in total. The number of nitrogens with one attached hydrogen (secondary N) is 1. The Hall–Kier alpha value is -3.02. The van der Waals surface area contributed by atoms with E-state index < -0.39 is 38.7 Å². The number of benzene rings is 1. The minimum Gasteiger partial charge on any atom is -0.508 e. The zero-order chi connectivity index (χ0) is 18.8. The molecule has 0 aliphatic carbocycles. The molecule has 0 amide bonds. The van der Waals surface area contributed by atoms with Crippen molar-refractivity contribution in [3.8, 4) is 11.5 Å². The van der Waals surface area contributed by atoms with Gasteiger partial charge in [0.25, 0.3) is 10.0 Å². The molecule has 25 heavy (non-hydrogen) atoms. The number of aromatic carboxylic acids is 1. The molecule has 1 aromatic heterocycles.